The van der Waals surface area contributed by atoms with E-state index in [0.717, 1.165) is 18.8 Å². The lowest BCUT2D eigenvalue weighted by Crippen LogP contribution is -2.36. The van der Waals surface area contributed by atoms with Crippen molar-refractivity contribution in [1.29, 1.82) is 0 Å². The zero-order valence-electron chi connectivity index (χ0n) is 11.1. The molecule has 0 bridgehead atoms. The molecule has 1 aromatic heterocycles. The minimum Gasteiger partial charge on any atom is -0.384 e. The van der Waals surface area contributed by atoms with Crippen molar-refractivity contribution in [2.24, 2.45) is 0 Å². The van der Waals surface area contributed by atoms with Crippen molar-refractivity contribution in [1.82, 2.24) is 14.8 Å². The van der Waals surface area contributed by atoms with Crippen LogP contribution in [-0.2, 0) is 6.54 Å². The summed E-state index contributed by atoms with van der Waals surface area (Å²) in [5.41, 5.74) is 6.55. The van der Waals surface area contributed by atoms with Crippen LogP contribution in [0.2, 0.25) is 5.02 Å². The predicted molar refractivity (Wildman–Crippen MR) is 75.6 cm³/mol. The lowest BCUT2D eigenvalue weighted by atomic mass is 10.2. The maximum absolute atomic E-state index is 6.13. The fourth-order valence-electron chi connectivity index (χ4n) is 2.50. The molecule has 0 aliphatic carbocycles. The molecule has 0 radical (unpaired) electrons. The lowest BCUT2D eigenvalue weighted by molar-refractivity contribution is 0.214. The van der Waals surface area contributed by atoms with Crippen LogP contribution in [0.15, 0.2) is 12.1 Å². The third-order valence-electron chi connectivity index (χ3n) is 3.55. The van der Waals surface area contributed by atoms with Crippen LogP contribution in [-0.4, -0.2) is 48.0 Å². The van der Waals surface area contributed by atoms with Crippen LogP contribution in [0.1, 0.15) is 18.5 Å². The van der Waals surface area contributed by atoms with Gasteiger partial charge in [0.25, 0.3) is 0 Å². The van der Waals surface area contributed by atoms with E-state index in [1.165, 1.54) is 19.4 Å². The van der Waals surface area contributed by atoms with Crippen molar-refractivity contribution >= 4 is 17.4 Å². The molecular weight excluding hydrogens is 248 g/mol. The first-order chi connectivity index (χ1) is 8.56. The number of pyridine rings is 1. The van der Waals surface area contributed by atoms with Crippen LogP contribution < -0.4 is 5.73 Å². The summed E-state index contributed by atoms with van der Waals surface area (Å²) in [6, 6.07) is 4.19. The average Bonchev–Trinajstić information content (AvgIpc) is 2.70. The highest BCUT2D eigenvalue weighted by molar-refractivity contribution is 6.31. The predicted octanol–water partition coefficient (Wildman–Crippen LogP) is 1.84. The highest BCUT2D eigenvalue weighted by Gasteiger charge is 2.22. The molecule has 18 heavy (non-hydrogen) atoms. The fraction of sp³-hybridized carbons (Fsp3) is 0.615. The number of nitrogens with zero attached hydrogens (tertiary/aromatic N) is 3. The molecule has 100 valence electrons. The second kappa shape index (κ2) is 5.87. The van der Waals surface area contributed by atoms with Gasteiger partial charge in [-0.2, -0.15) is 0 Å². The molecule has 1 atom stereocenters. The van der Waals surface area contributed by atoms with Crippen LogP contribution >= 0.6 is 11.6 Å². The van der Waals surface area contributed by atoms with Gasteiger partial charge in [0.1, 0.15) is 5.82 Å². The first-order valence-electron chi connectivity index (χ1n) is 6.36. The molecule has 0 saturated carbocycles. The van der Waals surface area contributed by atoms with E-state index in [9.17, 15) is 0 Å². The monoisotopic (exact) mass is 268 g/mol. The topological polar surface area (TPSA) is 45.4 Å². The summed E-state index contributed by atoms with van der Waals surface area (Å²) in [6.07, 6.45) is 2.57. The minimum absolute atomic E-state index is 0.529. The standard InChI is InChI=1S/C13H21ClN4/c1-17(8-10-4-3-7-18(10)2)9-12-11(14)5-6-13(15)16-12/h5-6,10H,3-4,7-9H2,1-2H3,(H2,15,16). The maximum Gasteiger partial charge on any atom is 0.123 e. The molecule has 0 spiro atoms. The van der Waals surface area contributed by atoms with Gasteiger partial charge in [-0.15, -0.1) is 0 Å². The molecule has 1 aromatic rings. The van der Waals surface area contributed by atoms with E-state index >= 15 is 0 Å². The number of halogens is 1. The van der Waals surface area contributed by atoms with Crippen molar-refractivity contribution in [3.63, 3.8) is 0 Å². The number of aromatic nitrogens is 1. The zero-order chi connectivity index (χ0) is 13.1. The Kier molecular flexibility index (Phi) is 4.43. The van der Waals surface area contributed by atoms with E-state index in [4.69, 9.17) is 17.3 Å². The summed E-state index contributed by atoms with van der Waals surface area (Å²) in [6.45, 7) is 2.99. The summed E-state index contributed by atoms with van der Waals surface area (Å²) in [5, 5.41) is 0.691. The number of nitrogen functional groups attached to an aromatic ring is 1. The number of hydrogen-bond acceptors (Lipinski definition) is 4. The van der Waals surface area contributed by atoms with E-state index < -0.39 is 0 Å². The van der Waals surface area contributed by atoms with Crippen LogP contribution in [0.4, 0.5) is 5.82 Å². The molecule has 1 aliphatic heterocycles. The number of anilines is 1. The van der Waals surface area contributed by atoms with Gasteiger partial charge in [-0.25, -0.2) is 4.98 Å². The molecule has 1 fully saturated rings. The first-order valence-corrected chi connectivity index (χ1v) is 6.73. The quantitative estimate of drug-likeness (QED) is 0.905. The van der Waals surface area contributed by atoms with Crippen molar-refractivity contribution in [3.8, 4) is 0 Å². The van der Waals surface area contributed by atoms with Gasteiger partial charge in [-0.05, 0) is 45.6 Å². The summed E-state index contributed by atoms with van der Waals surface area (Å²) < 4.78 is 0. The Bertz CT molecular complexity index is 410. The van der Waals surface area contributed by atoms with E-state index in [0.29, 0.717) is 16.9 Å². The van der Waals surface area contributed by atoms with Gasteiger partial charge in [0, 0.05) is 19.1 Å². The van der Waals surface area contributed by atoms with Gasteiger partial charge in [0.05, 0.1) is 10.7 Å². The third kappa shape index (κ3) is 3.34. The molecule has 2 heterocycles. The van der Waals surface area contributed by atoms with E-state index in [-0.39, 0.29) is 0 Å². The van der Waals surface area contributed by atoms with Gasteiger partial charge < -0.3 is 10.6 Å². The second-order valence-corrected chi connectivity index (χ2v) is 5.55. The van der Waals surface area contributed by atoms with Crippen LogP contribution in [0.5, 0.6) is 0 Å². The molecule has 2 N–H and O–H groups in total. The van der Waals surface area contributed by atoms with E-state index in [2.05, 4.69) is 28.9 Å². The maximum atomic E-state index is 6.13. The van der Waals surface area contributed by atoms with Gasteiger partial charge in [-0.1, -0.05) is 11.6 Å². The molecule has 5 heteroatoms. The molecule has 4 nitrogen and oxygen atoms in total. The SMILES string of the molecule is CN(Cc1nc(N)ccc1Cl)CC1CCCN1C. The zero-order valence-corrected chi connectivity index (χ0v) is 11.8. The Labute approximate surface area is 114 Å². The highest BCUT2D eigenvalue weighted by atomic mass is 35.5. The second-order valence-electron chi connectivity index (χ2n) is 5.14. The average molecular weight is 269 g/mol. The Morgan fingerprint density at radius 2 is 2.33 bits per heavy atom. The summed E-state index contributed by atoms with van der Waals surface area (Å²) in [7, 11) is 4.30. The number of likely N-dealkylation sites (N-methyl/N-ethyl adjacent to an activating group) is 2. The van der Waals surface area contributed by atoms with Gasteiger partial charge >= 0.3 is 0 Å². The first kappa shape index (κ1) is 13.6. The molecule has 1 saturated heterocycles. The number of hydrogen-bond donors (Lipinski definition) is 1. The van der Waals surface area contributed by atoms with Gasteiger partial charge in [-0.3, -0.25) is 4.90 Å². The fourth-order valence-corrected chi connectivity index (χ4v) is 2.67. The van der Waals surface area contributed by atoms with Crippen LogP contribution in [0.3, 0.4) is 0 Å². The molecule has 2 rings (SSSR count). The van der Waals surface area contributed by atoms with Gasteiger partial charge in [0.15, 0.2) is 0 Å². The molecule has 0 amide bonds. The smallest absolute Gasteiger partial charge is 0.123 e. The third-order valence-corrected chi connectivity index (χ3v) is 3.90. The molecule has 0 aromatic carbocycles. The molecular formula is C13H21ClN4. The normalized spacial score (nSPS) is 20.8. The number of rotatable bonds is 4. The largest absolute Gasteiger partial charge is 0.384 e. The van der Waals surface area contributed by atoms with Crippen molar-refractivity contribution < 1.29 is 0 Å². The highest BCUT2D eigenvalue weighted by Crippen LogP contribution is 2.19. The Morgan fingerprint density at radius 1 is 1.56 bits per heavy atom. The van der Waals surface area contributed by atoms with Crippen LogP contribution in [0.25, 0.3) is 0 Å². The number of likely N-dealkylation sites (tertiary alicyclic amines) is 1. The van der Waals surface area contributed by atoms with E-state index in [1.54, 1.807) is 6.07 Å². The Morgan fingerprint density at radius 3 is 3.00 bits per heavy atom. The Hall–Kier alpha value is -0.840. The summed E-state index contributed by atoms with van der Waals surface area (Å²) in [5.74, 6) is 0.529. The van der Waals surface area contributed by atoms with Gasteiger partial charge in [0.2, 0.25) is 0 Å². The van der Waals surface area contributed by atoms with E-state index in [1.807, 2.05) is 6.07 Å². The Balaban J connectivity index is 1.94. The molecule has 1 unspecified atom stereocenters. The van der Waals surface area contributed by atoms with Crippen molar-refractivity contribution in [3.05, 3.63) is 22.8 Å². The van der Waals surface area contributed by atoms with Crippen molar-refractivity contribution in [2.45, 2.75) is 25.4 Å². The summed E-state index contributed by atoms with van der Waals surface area (Å²) in [4.78, 5) is 8.98. The summed E-state index contributed by atoms with van der Waals surface area (Å²) >= 11 is 6.13. The lowest BCUT2D eigenvalue weighted by Gasteiger charge is -2.25. The minimum atomic E-state index is 0.529. The number of nitrogens with two attached hydrogens (primary N) is 1. The molecule has 1 aliphatic rings. The van der Waals surface area contributed by atoms with Crippen molar-refractivity contribution in [2.75, 3.05) is 32.9 Å². The van der Waals surface area contributed by atoms with Crippen LogP contribution in [0, 0.1) is 0 Å².